The van der Waals surface area contributed by atoms with Crippen LogP contribution in [0, 0.1) is 0 Å². The third kappa shape index (κ3) is 4.51. The molecule has 0 aliphatic rings. The number of hydrogen-bond donors (Lipinski definition) is 2. The number of aromatic nitrogens is 1. The van der Waals surface area contributed by atoms with Gasteiger partial charge in [-0.2, -0.15) is 0 Å². The summed E-state index contributed by atoms with van der Waals surface area (Å²) >= 11 is 15.3. The molecule has 4 nitrogen and oxygen atoms in total. The van der Waals surface area contributed by atoms with Crippen LogP contribution in [0.2, 0.25) is 10.0 Å². The second kappa shape index (κ2) is 7.87. The summed E-state index contributed by atoms with van der Waals surface area (Å²) in [6.45, 7) is 0. The van der Waals surface area contributed by atoms with Crippen LogP contribution >= 0.6 is 39.1 Å². The minimum Gasteiger partial charge on any atom is -0.340 e. The van der Waals surface area contributed by atoms with Crippen LogP contribution in [0.15, 0.2) is 65.3 Å². The van der Waals surface area contributed by atoms with Crippen molar-refractivity contribution in [1.82, 2.24) is 4.98 Å². The summed E-state index contributed by atoms with van der Waals surface area (Å²) in [7, 11) is 0. The number of rotatable bonds is 4. The van der Waals surface area contributed by atoms with Crippen molar-refractivity contribution in [3.63, 3.8) is 0 Å². The maximum absolute atomic E-state index is 12.6. The molecule has 1 heterocycles. The Morgan fingerprint density at radius 2 is 1.68 bits per heavy atom. The fourth-order valence-corrected chi connectivity index (χ4v) is 2.69. The van der Waals surface area contributed by atoms with Crippen LogP contribution in [-0.4, -0.2) is 10.9 Å². The van der Waals surface area contributed by atoms with Crippen molar-refractivity contribution in [1.29, 1.82) is 0 Å². The molecule has 0 unspecified atom stereocenters. The van der Waals surface area contributed by atoms with E-state index < -0.39 is 0 Å². The van der Waals surface area contributed by atoms with Gasteiger partial charge in [-0.15, -0.1) is 0 Å². The molecule has 0 atom stereocenters. The second-order valence-corrected chi connectivity index (χ2v) is 6.84. The monoisotopic (exact) mass is 435 g/mol. The number of nitrogens with zero attached hydrogens (tertiary/aromatic N) is 1. The Hall–Kier alpha value is -2.08. The van der Waals surface area contributed by atoms with E-state index in [1.54, 1.807) is 36.5 Å². The van der Waals surface area contributed by atoms with Crippen LogP contribution in [0.4, 0.5) is 17.2 Å². The predicted octanol–water partition coefficient (Wildman–Crippen LogP) is 6.15. The molecular formula is C18H12BrCl2N3O. The lowest BCUT2D eigenvalue weighted by molar-refractivity contribution is 0.102. The molecule has 0 fully saturated rings. The Balaban J connectivity index is 1.83. The Morgan fingerprint density at radius 1 is 0.960 bits per heavy atom. The number of halogens is 3. The molecule has 0 aliphatic heterocycles. The summed E-state index contributed by atoms with van der Waals surface area (Å²) in [5.74, 6) is 0.161. The van der Waals surface area contributed by atoms with Gasteiger partial charge in [-0.3, -0.25) is 4.79 Å². The average molecular weight is 437 g/mol. The van der Waals surface area contributed by atoms with Crippen LogP contribution < -0.4 is 10.6 Å². The van der Waals surface area contributed by atoms with Crippen molar-refractivity contribution in [3.8, 4) is 0 Å². The molecule has 0 saturated heterocycles. The number of nitrogens with one attached hydrogen (secondary N) is 2. The highest BCUT2D eigenvalue weighted by Gasteiger charge is 2.13. The van der Waals surface area contributed by atoms with E-state index in [2.05, 4.69) is 31.5 Å². The number of pyridine rings is 1. The second-order valence-electron chi connectivity index (χ2n) is 5.11. The van der Waals surface area contributed by atoms with Gasteiger partial charge >= 0.3 is 0 Å². The average Bonchev–Trinajstić information content (AvgIpc) is 2.60. The normalized spacial score (nSPS) is 10.4. The first-order valence-electron chi connectivity index (χ1n) is 7.27. The number of hydrogen-bond acceptors (Lipinski definition) is 3. The number of amides is 1. The van der Waals surface area contributed by atoms with E-state index in [0.29, 0.717) is 32.8 Å². The lowest BCUT2D eigenvalue weighted by Gasteiger charge is -2.12. The molecule has 3 aromatic rings. The Bertz CT molecular complexity index is 916. The third-order valence-corrected chi connectivity index (χ3v) is 4.60. The number of benzene rings is 2. The summed E-state index contributed by atoms with van der Waals surface area (Å²) in [6, 6.07) is 15.8. The predicted molar refractivity (Wildman–Crippen MR) is 106 cm³/mol. The van der Waals surface area contributed by atoms with Gasteiger partial charge in [0.25, 0.3) is 5.91 Å². The van der Waals surface area contributed by atoms with E-state index in [9.17, 15) is 4.79 Å². The molecule has 2 aromatic carbocycles. The van der Waals surface area contributed by atoms with Gasteiger partial charge in [-0.05, 0) is 54.6 Å². The zero-order chi connectivity index (χ0) is 17.8. The van der Waals surface area contributed by atoms with E-state index in [0.717, 1.165) is 4.47 Å². The maximum Gasteiger partial charge on any atom is 0.259 e. The summed E-state index contributed by atoms with van der Waals surface area (Å²) < 4.78 is 0.939. The Kier molecular flexibility index (Phi) is 5.58. The molecule has 0 radical (unpaired) electrons. The first kappa shape index (κ1) is 17.7. The highest BCUT2D eigenvalue weighted by Crippen LogP contribution is 2.27. The first-order valence-corrected chi connectivity index (χ1v) is 8.82. The van der Waals surface area contributed by atoms with E-state index in [-0.39, 0.29) is 5.91 Å². The van der Waals surface area contributed by atoms with E-state index in [4.69, 9.17) is 23.2 Å². The van der Waals surface area contributed by atoms with Gasteiger partial charge in [0, 0.05) is 22.0 Å². The number of anilines is 3. The molecule has 0 spiro atoms. The van der Waals surface area contributed by atoms with E-state index in [1.807, 2.05) is 24.3 Å². The molecule has 1 amide bonds. The van der Waals surface area contributed by atoms with E-state index >= 15 is 0 Å². The fourth-order valence-electron chi connectivity index (χ4n) is 2.13. The number of carbonyl (C=O) groups excluding carboxylic acids is 1. The standard InChI is InChI=1S/C18H12BrCl2N3O/c19-11-3-5-12(6-4-11)24-18(25)14-2-1-9-22-17(14)23-13-7-8-15(20)16(21)10-13/h1-10H,(H,22,23)(H,24,25). The van der Waals surface area contributed by atoms with Crippen LogP contribution in [0.25, 0.3) is 0 Å². The maximum atomic E-state index is 12.6. The summed E-state index contributed by atoms with van der Waals surface area (Å²) in [6.07, 6.45) is 1.61. The highest BCUT2D eigenvalue weighted by atomic mass is 79.9. The van der Waals surface area contributed by atoms with E-state index in [1.165, 1.54) is 0 Å². The van der Waals surface area contributed by atoms with Crippen LogP contribution in [0.1, 0.15) is 10.4 Å². The lowest BCUT2D eigenvalue weighted by atomic mass is 10.2. The lowest BCUT2D eigenvalue weighted by Crippen LogP contribution is -2.14. The summed E-state index contributed by atoms with van der Waals surface area (Å²) in [5.41, 5.74) is 1.79. The SMILES string of the molecule is O=C(Nc1ccc(Br)cc1)c1cccnc1Nc1ccc(Cl)c(Cl)c1. The molecule has 3 rings (SSSR count). The van der Waals surface area contributed by atoms with Crippen LogP contribution in [0.3, 0.4) is 0 Å². The molecule has 1 aromatic heterocycles. The van der Waals surface area contributed by atoms with Gasteiger partial charge in [0.05, 0.1) is 15.6 Å². The summed E-state index contributed by atoms with van der Waals surface area (Å²) in [4.78, 5) is 16.8. The Labute approximate surface area is 163 Å². The van der Waals surface area contributed by atoms with Gasteiger partial charge in [0.15, 0.2) is 0 Å². The smallest absolute Gasteiger partial charge is 0.259 e. The van der Waals surface area contributed by atoms with Crippen molar-refractivity contribution in [3.05, 3.63) is 80.9 Å². The van der Waals surface area contributed by atoms with Gasteiger partial charge in [0.1, 0.15) is 5.82 Å². The largest absolute Gasteiger partial charge is 0.340 e. The van der Waals surface area contributed by atoms with Crippen molar-refractivity contribution < 1.29 is 4.79 Å². The first-order chi connectivity index (χ1) is 12.0. The fraction of sp³-hybridized carbons (Fsp3) is 0. The minimum atomic E-state index is -0.266. The zero-order valence-corrected chi connectivity index (χ0v) is 15.9. The van der Waals surface area contributed by atoms with Crippen molar-refractivity contribution in [2.75, 3.05) is 10.6 Å². The van der Waals surface area contributed by atoms with Crippen LogP contribution in [0.5, 0.6) is 0 Å². The molecular weight excluding hydrogens is 425 g/mol. The summed E-state index contributed by atoms with van der Waals surface area (Å²) in [5, 5.41) is 6.82. The van der Waals surface area contributed by atoms with Gasteiger partial charge in [-0.25, -0.2) is 4.98 Å². The quantitative estimate of drug-likeness (QED) is 0.515. The van der Waals surface area contributed by atoms with Crippen LogP contribution in [-0.2, 0) is 0 Å². The van der Waals surface area contributed by atoms with Gasteiger partial charge in [0.2, 0.25) is 0 Å². The molecule has 0 aliphatic carbocycles. The van der Waals surface area contributed by atoms with Crippen molar-refractivity contribution in [2.45, 2.75) is 0 Å². The van der Waals surface area contributed by atoms with Crippen molar-refractivity contribution >= 4 is 62.2 Å². The zero-order valence-electron chi connectivity index (χ0n) is 12.8. The minimum absolute atomic E-state index is 0.266. The van der Waals surface area contributed by atoms with Crippen molar-refractivity contribution in [2.24, 2.45) is 0 Å². The topological polar surface area (TPSA) is 54.0 Å². The highest BCUT2D eigenvalue weighted by molar-refractivity contribution is 9.10. The molecule has 126 valence electrons. The molecule has 0 saturated carbocycles. The number of carbonyl (C=O) groups is 1. The molecule has 7 heteroatoms. The van der Waals surface area contributed by atoms with Gasteiger partial charge < -0.3 is 10.6 Å². The third-order valence-electron chi connectivity index (χ3n) is 3.34. The van der Waals surface area contributed by atoms with Gasteiger partial charge in [-0.1, -0.05) is 39.1 Å². The molecule has 2 N–H and O–H groups in total. The molecule has 0 bridgehead atoms. The Morgan fingerprint density at radius 3 is 2.40 bits per heavy atom. The molecule has 25 heavy (non-hydrogen) atoms.